The number of hydrogen-bond donors (Lipinski definition) is 1. The Morgan fingerprint density at radius 2 is 1.68 bits per heavy atom. The van der Waals surface area contributed by atoms with Crippen LogP contribution < -0.4 is 10.2 Å². The van der Waals surface area contributed by atoms with Gasteiger partial charge in [0.05, 0.1) is 24.5 Å². The highest BCUT2D eigenvalue weighted by atomic mass is 16.5. The number of carbonyl (C=O) groups excluding carboxylic acids is 3. The third kappa shape index (κ3) is 1.88. The highest BCUT2D eigenvalue weighted by molar-refractivity contribution is 6.09. The molecule has 4 aliphatic carbocycles. The summed E-state index contributed by atoms with van der Waals surface area (Å²) in [4.78, 5) is 38.3. The molecule has 0 spiro atoms. The first kappa shape index (κ1) is 14.7. The molecule has 1 aliphatic heterocycles. The molecule has 6 nitrogen and oxygen atoms in total. The van der Waals surface area contributed by atoms with Gasteiger partial charge in [0.2, 0.25) is 0 Å². The van der Waals surface area contributed by atoms with Gasteiger partial charge in [-0.1, -0.05) is 24.3 Å². The van der Waals surface area contributed by atoms with E-state index in [1.807, 2.05) is 0 Å². The minimum absolute atomic E-state index is 0.143. The van der Waals surface area contributed by atoms with Crippen LogP contribution in [0.25, 0.3) is 0 Å². The van der Waals surface area contributed by atoms with Gasteiger partial charge >= 0.3 is 0 Å². The van der Waals surface area contributed by atoms with E-state index in [-0.39, 0.29) is 35.5 Å². The lowest BCUT2D eigenvalue weighted by Crippen LogP contribution is -2.47. The number of benzene rings is 1. The molecular formula is C19H18N2O4. The largest absolute Gasteiger partial charge is 0.496 e. The molecule has 0 aromatic heterocycles. The first-order chi connectivity index (χ1) is 12.1. The second kappa shape index (κ2) is 4.94. The number of imide groups is 1. The van der Waals surface area contributed by atoms with Gasteiger partial charge in [0.15, 0.2) is 0 Å². The minimum Gasteiger partial charge on any atom is -0.496 e. The molecule has 3 amide bonds. The third-order valence-corrected chi connectivity index (χ3v) is 6.23. The van der Waals surface area contributed by atoms with Crippen molar-refractivity contribution >= 4 is 17.7 Å². The van der Waals surface area contributed by atoms with Crippen LogP contribution >= 0.6 is 0 Å². The Labute approximate surface area is 144 Å². The van der Waals surface area contributed by atoms with Crippen molar-refractivity contribution in [2.24, 2.45) is 35.5 Å². The standard InChI is InChI=1S/C19H18N2O4/c1-25-14-5-3-2-4-11(14)17(22)20-21-18(23)15-9-6-7-10(13-8-12(9)13)16(15)19(21)24/h2-7,9-10,12-13,15-16H,8H2,1H3,(H,20,22)/t9-,10+,12-,13-,15+,16+/m1/s1. The molecule has 6 rings (SSSR count). The lowest BCUT2D eigenvalue weighted by molar-refractivity contribution is -0.143. The van der Waals surface area contributed by atoms with E-state index in [1.165, 1.54) is 7.11 Å². The maximum atomic E-state index is 12.9. The van der Waals surface area contributed by atoms with Gasteiger partial charge in [-0.2, -0.15) is 5.01 Å². The number of nitrogens with one attached hydrogen (secondary N) is 1. The Morgan fingerprint density at radius 1 is 1.08 bits per heavy atom. The summed E-state index contributed by atoms with van der Waals surface area (Å²) in [6, 6.07) is 6.74. The van der Waals surface area contributed by atoms with Crippen LogP contribution in [0.3, 0.4) is 0 Å². The van der Waals surface area contributed by atoms with Crippen molar-refractivity contribution < 1.29 is 19.1 Å². The number of amides is 3. The van der Waals surface area contributed by atoms with Crippen LogP contribution in [0.4, 0.5) is 0 Å². The van der Waals surface area contributed by atoms with E-state index in [9.17, 15) is 14.4 Å². The van der Waals surface area contributed by atoms with Gasteiger partial charge in [-0.15, -0.1) is 0 Å². The van der Waals surface area contributed by atoms with Crippen LogP contribution in [0.5, 0.6) is 5.75 Å². The summed E-state index contributed by atoms with van der Waals surface area (Å²) in [5.74, 6) is 0.0760. The number of hydrogen-bond acceptors (Lipinski definition) is 4. The molecule has 1 aromatic carbocycles. The Hall–Kier alpha value is -2.63. The number of para-hydroxylation sites is 1. The fraction of sp³-hybridized carbons (Fsp3) is 0.421. The van der Waals surface area contributed by atoms with E-state index >= 15 is 0 Å². The zero-order valence-corrected chi connectivity index (χ0v) is 13.7. The summed E-state index contributed by atoms with van der Waals surface area (Å²) in [5, 5.41) is 0.946. The van der Waals surface area contributed by atoms with Crippen LogP contribution in [0.2, 0.25) is 0 Å². The molecule has 1 N–H and O–H groups in total. The lowest BCUT2D eigenvalue weighted by atomic mass is 9.63. The number of hydrazine groups is 1. The number of carbonyl (C=O) groups is 3. The van der Waals surface area contributed by atoms with Crippen LogP contribution in [-0.2, 0) is 9.59 Å². The predicted molar refractivity (Wildman–Crippen MR) is 87.0 cm³/mol. The average molecular weight is 338 g/mol. The van der Waals surface area contributed by atoms with Crippen molar-refractivity contribution in [2.75, 3.05) is 7.11 Å². The normalized spacial score (nSPS) is 36.9. The maximum absolute atomic E-state index is 12.9. The molecule has 6 heteroatoms. The molecule has 128 valence electrons. The summed E-state index contributed by atoms with van der Waals surface area (Å²) < 4.78 is 5.18. The number of allylic oxidation sites excluding steroid dienone is 2. The van der Waals surface area contributed by atoms with Crippen LogP contribution in [0, 0.1) is 35.5 Å². The zero-order valence-electron chi connectivity index (χ0n) is 13.7. The summed E-state index contributed by atoms with van der Waals surface area (Å²) >= 11 is 0. The Bertz CT molecular complexity index is 796. The van der Waals surface area contributed by atoms with Crippen molar-refractivity contribution in [2.45, 2.75) is 6.42 Å². The van der Waals surface area contributed by atoms with E-state index in [4.69, 9.17) is 4.74 Å². The number of methoxy groups -OCH3 is 1. The molecule has 6 atom stereocenters. The van der Waals surface area contributed by atoms with Crippen molar-refractivity contribution in [1.29, 1.82) is 0 Å². The molecule has 1 aromatic rings. The fourth-order valence-electron chi connectivity index (χ4n) is 5.06. The van der Waals surface area contributed by atoms with Gasteiger partial charge in [0.1, 0.15) is 5.75 Å². The highest BCUT2D eigenvalue weighted by Gasteiger charge is 2.67. The molecular weight excluding hydrogens is 320 g/mol. The predicted octanol–water partition coefficient (Wildman–Crippen LogP) is 1.39. The Balaban J connectivity index is 1.42. The van der Waals surface area contributed by atoms with E-state index < -0.39 is 5.91 Å². The van der Waals surface area contributed by atoms with Gasteiger partial charge in [-0.3, -0.25) is 19.8 Å². The SMILES string of the molecule is COc1ccccc1C(=O)NN1C(=O)[C@H]2[C@@H]3C=C[C@@H]([C@H]4C[C@H]34)[C@@H]2C1=O. The van der Waals surface area contributed by atoms with E-state index in [2.05, 4.69) is 17.6 Å². The van der Waals surface area contributed by atoms with E-state index in [0.29, 0.717) is 23.1 Å². The summed E-state index contributed by atoms with van der Waals surface area (Å²) in [7, 11) is 1.47. The smallest absolute Gasteiger partial charge is 0.274 e. The van der Waals surface area contributed by atoms with Crippen molar-refractivity contribution in [1.82, 2.24) is 10.4 Å². The summed E-state index contributed by atoms with van der Waals surface area (Å²) in [6.07, 6.45) is 5.33. The van der Waals surface area contributed by atoms with Crippen LogP contribution in [-0.4, -0.2) is 29.8 Å². The quantitative estimate of drug-likeness (QED) is 0.668. The van der Waals surface area contributed by atoms with Crippen LogP contribution in [0.15, 0.2) is 36.4 Å². The van der Waals surface area contributed by atoms with Crippen molar-refractivity contribution in [3.8, 4) is 5.75 Å². The molecule has 3 fully saturated rings. The van der Waals surface area contributed by atoms with Gasteiger partial charge in [-0.05, 0) is 42.2 Å². The second-order valence-electron chi connectivity index (χ2n) is 7.31. The summed E-state index contributed by atoms with van der Waals surface area (Å²) in [5.41, 5.74) is 2.81. The van der Waals surface area contributed by atoms with Gasteiger partial charge in [0.25, 0.3) is 17.7 Å². The molecule has 2 bridgehead atoms. The van der Waals surface area contributed by atoms with E-state index in [1.54, 1.807) is 24.3 Å². The zero-order chi connectivity index (χ0) is 17.3. The second-order valence-corrected chi connectivity index (χ2v) is 7.31. The maximum Gasteiger partial charge on any atom is 0.274 e. The fourth-order valence-corrected chi connectivity index (χ4v) is 5.06. The molecule has 1 saturated heterocycles. The molecule has 2 saturated carbocycles. The first-order valence-electron chi connectivity index (χ1n) is 8.62. The number of ether oxygens (including phenoxy) is 1. The highest BCUT2D eigenvalue weighted by Crippen LogP contribution is 2.65. The van der Waals surface area contributed by atoms with Crippen molar-refractivity contribution in [3.05, 3.63) is 42.0 Å². The molecule has 0 radical (unpaired) electrons. The number of nitrogens with zero attached hydrogens (tertiary/aromatic N) is 1. The molecule has 1 heterocycles. The average Bonchev–Trinajstić information content (AvgIpc) is 3.42. The Kier molecular flexibility index (Phi) is 2.90. The van der Waals surface area contributed by atoms with Gasteiger partial charge in [0, 0.05) is 0 Å². The lowest BCUT2D eigenvalue weighted by Gasteiger charge is -2.37. The third-order valence-electron chi connectivity index (χ3n) is 6.23. The summed E-state index contributed by atoms with van der Waals surface area (Å²) in [6.45, 7) is 0. The van der Waals surface area contributed by atoms with Gasteiger partial charge < -0.3 is 4.74 Å². The minimum atomic E-state index is -0.511. The first-order valence-corrected chi connectivity index (χ1v) is 8.62. The molecule has 5 aliphatic rings. The van der Waals surface area contributed by atoms with Crippen LogP contribution in [0.1, 0.15) is 16.8 Å². The number of rotatable bonds is 3. The molecule has 0 unspecified atom stereocenters. The monoisotopic (exact) mass is 338 g/mol. The van der Waals surface area contributed by atoms with E-state index in [0.717, 1.165) is 11.4 Å². The van der Waals surface area contributed by atoms with Gasteiger partial charge in [-0.25, -0.2) is 0 Å². The topological polar surface area (TPSA) is 75.7 Å². The van der Waals surface area contributed by atoms with Crippen molar-refractivity contribution in [3.63, 3.8) is 0 Å². The Morgan fingerprint density at radius 3 is 2.28 bits per heavy atom. The molecule has 25 heavy (non-hydrogen) atoms.